The molecule has 1 aliphatic carbocycles. The van der Waals surface area contributed by atoms with E-state index in [0.717, 1.165) is 12.8 Å². The first-order valence-corrected chi connectivity index (χ1v) is 7.26. The van der Waals surface area contributed by atoms with Crippen molar-refractivity contribution in [1.82, 2.24) is 14.9 Å². The Morgan fingerprint density at radius 1 is 1.50 bits per heavy atom. The molecule has 0 bridgehead atoms. The molecule has 0 radical (unpaired) electrons. The van der Waals surface area contributed by atoms with Crippen LogP contribution in [-0.4, -0.2) is 22.6 Å². The minimum Gasteiger partial charge on any atom is -0.330 e. The lowest BCUT2D eigenvalue weighted by Gasteiger charge is -2.41. The van der Waals surface area contributed by atoms with Gasteiger partial charge in [0.05, 0.1) is 6.04 Å². The average molecular weight is 249 g/mol. The highest BCUT2D eigenvalue weighted by molar-refractivity contribution is 5.01. The number of hydrogen-bond acceptors (Lipinski definition) is 2. The molecule has 3 heteroatoms. The average Bonchev–Trinajstić information content (AvgIpc) is 2.77. The molecule has 1 aromatic heterocycles. The van der Waals surface area contributed by atoms with Gasteiger partial charge in [-0.2, -0.15) is 0 Å². The molecule has 1 aromatic rings. The minimum atomic E-state index is 0.450. The molecule has 2 unspecified atom stereocenters. The van der Waals surface area contributed by atoms with Crippen LogP contribution in [0.25, 0.3) is 0 Å². The van der Waals surface area contributed by atoms with E-state index >= 15 is 0 Å². The Morgan fingerprint density at radius 3 is 2.94 bits per heavy atom. The van der Waals surface area contributed by atoms with Crippen molar-refractivity contribution in [3.05, 3.63) is 18.2 Å². The summed E-state index contributed by atoms with van der Waals surface area (Å²) in [6.45, 7) is 7.00. The molecular formula is C15H27N3. The molecule has 3 nitrogen and oxygen atoms in total. The second kappa shape index (κ2) is 5.43. The highest BCUT2D eigenvalue weighted by Crippen LogP contribution is 2.41. The molecule has 1 aliphatic rings. The zero-order valence-corrected chi connectivity index (χ0v) is 12.2. The number of imidazole rings is 1. The van der Waals surface area contributed by atoms with Crippen LogP contribution in [0.3, 0.4) is 0 Å². The molecule has 0 aliphatic heterocycles. The molecule has 0 spiro atoms. The maximum absolute atomic E-state index is 4.53. The van der Waals surface area contributed by atoms with E-state index in [1.54, 1.807) is 0 Å². The summed E-state index contributed by atoms with van der Waals surface area (Å²) in [7, 11) is 2.09. The third-order valence-corrected chi connectivity index (χ3v) is 4.31. The van der Waals surface area contributed by atoms with Gasteiger partial charge in [-0.3, -0.25) is 0 Å². The highest BCUT2D eigenvalue weighted by Gasteiger charge is 2.35. The van der Waals surface area contributed by atoms with Crippen LogP contribution < -0.4 is 5.32 Å². The van der Waals surface area contributed by atoms with Gasteiger partial charge >= 0.3 is 0 Å². The molecule has 18 heavy (non-hydrogen) atoms. The van der Waals surface area contributed by atoms with Gasteiger partial charge in [0.15, 0.2) is 0 Å². The Labute approximate surface area is 111 Å². The topological polar surface area (TPSA) is 29.9 Å². The van der Waals surface area contributed by atoms with Crippen molar-refractivity contribution in [3.63, 3.8) is 0 Å². The van der Waals surface area contributed by atoms with E-state index in [9.17, 15) is 0 Å². The van der Waals surface area contributed by atoms with Gasteiger partial charge in [-0.15, -0.1) is 0 Å². The predicted molar refractivity (Wildman–Crippen MR) is 75.7 cm³/mol. The zero-order chi connectivity index (χ0) is 13.2. The molecule has 102 valence electrons. The Morgan fingerprint density at radius 2 is 2.28 bits per heavy atom. The third kappa shape index (κ3) is 2.77. The van der Waals surface area contributed by atoms with E-state index < -0.39 is 0 Å². The monoisotopic (exact) mass is 249 g/mol. The first-order chi connectivity index (χ1) is 8.57. The van der Waals surface area contributed by atoms with Gasteiger partial charge in [-0.05, 0) is 38.1 Å². The number of nitrogens with one attached hydrogen (secondary N) is 1. The van der Waals surface area contributed by atoms with Gasteiger partial charge in [0.2, 0.25) is 0 Å². The molecule has 1 fully saturated rings. The number of aryl methyl sites for hydroxylation is 1. The summed E-state index contributed by atoms with van der Waals surface area (Å²) < 4.78 is 2.42. The number of nitrogens with zero attached hydrogens (tertiary/aromatic N) is 2. The van der Waals surface area contributed by atoms with Crippen LogP contribution in [0.5, 0.6) is 0 Å². The van der Waals surface area contributed by atoms with Gasteiger partial charge in [0, 0.05) is 24.9 Å². The van der Waals surface area contributed by atoms with Crippen molar-refractivity contribution < 1.29 is 0 Å². The van der Waals surface area contributed by atoms with Crippen LogP contribution in [0.4, 0.5) is 0 Å². The molecule has 1 saturated carbocycles. The Kier molecular flexibility index (Phi) is 4.10. The largest absolute Gasteiger partial charge is 0.330 e. The lowest BCUT2D eigenvalue weighted by molar-refractivity contribution is 0.144. The van der Waals surface area contributed by atoms with Crippen LogP contribution in [0, 0.1) is 5.41 Å². The fraction of sp³-hybridized carbons (Fsp3) is 0.800. The second-order valence-electron chi connectivity index (χ2n) is 6.37. The quantitative estimate of drug-likeness (QED) is 0.888. The molecular weight excluding hydrogens is 222 g/mol. The van der Waals surface area contributed by atoms with Crippen molar-refractivity contribution >= 4 is 0 Å². The zero-order valence-electron chi connectivity index (χ0n) is 12.2. The van der Waals surface area contributed by atoms with Crippen molar-refractivity contribution in [1.29, 1.82) is 0 Å². The van der Waals surface area contributed by atoms with Gasteiger partial charge in [-0.1, -0.05) is 20.8 Å². The highest BCUT2D eigenvalue weighted by atomic mass is 15.1. The summed E-state index contributed by atoms with van der Waals surface area (Å²) in [6, 6.07) is 1.14. The van der Waals surface area contributed by atoms with Crippen molar-refractivity contribution in [2.24, 2.45) is 5.41 Å². The Hall–Kier alpha value is -0.830. The molecule has 1 heterocycles. The van der Waals surface area contributed by atoms with E-state index in [1.807, 2.05) is 6.20 Å². The molecule has 1 N–H and O–H groups in total. The molecule has 2 rings (SSSR count). The summed E-state index contributed by atoms with van der Waals surface area (Å²) in [5, 5.41) is 3.50. The first kappa shape index (κ1) is 13.6. The van der Waals surface area contributed by atoms with E-state index in [4.69, 9.17) is 0 Å². The van der Waals surface area contributed by atoms with Crippen LogP contribution in [0.2, 0.25) is 0 Å². The predicted octanol–water partition coefficient (Wildman–Crippen LogP) is 3.17. The molecule has 0 aromatic carbocycles. The van der Waals surface area contributed by atoms with Crippen LogP contribution in [0.15, 0.2) is 12.4 Å². The summed E-state index contributed by atoms with van der Waals surface area (Å²) in [5.41, 5.74) is 0.450. The summed E-state index contributed by atoms with van der Waals surface area (Å²) >= 11 is 0. The maximum atomic E-state index is 4.53. The van der Waals surface area contributed by atoms with E-state index in [1.165, 1.54) is 25.1 Å². The normalized spacial score (nSPS) is 27.3. The van der Waals surface area contributed by atoms with E-state index in [-0.39, 0.29) is 0 Å². The van der Waals surface area contributed by atoms with Gasteiger partial charge in [0.1, 0.15) is 5.82 Å². The van der Waals surface area contributed by atoms with Crippen LogP contribution in [-0.2, 0) is 6.42 Å². The number of aromatic nitrogens is 2. The lowest BCUT2D eigenvalue weighted by Crippen LogP contribution is -2.42. The Balaban J connectivity index is 2.24. The number of likely N-dealkylation sites (N-methyl/N-ethyl adjacent to an activating group) is 1. The molecule has 0 saturated heterocycles. The molecule has 2 atom stereocenters. The second-order valence-corrected chi connectivity index (χ2v) is 6.37. The van der Waals surface area contributed by atoms with Gasteiger partial charge in [0.25, 0.3) is 0 Å². The smallest absolute Gasteiger partial charge is 0.108 e. The first-order valence-electron chi connectivity index (χ1n) is 7.26. The van der Waals surface area contributed by atoms with Crippen molar-refractivity contribution in [2.75, 3.05) is 7.05 Å². The Bertz CT molecular complexity index is 381. The van der Waals surface area contributed by atoms with Crippen LogP contribution in [0.1, 0.15) is 58.3 Å². The van der Waals surface area contributed by atoms with Crippen molar-refractivity contribution in [2.45, 2.75) is 65.0 Å². The van der Waals surface area contributed by atoms with Crippen LogP contribution >= 0.6 is 0 Å². The summed E-state index contributed by atoms with van der Waals surface area (Å²) in [5.74, 6) is 1.25. The minimum absolute atomic E-state index is 0.450. The molecule has 0 amide bonds. The number of rotatable bonds is 4. The van der Waals surface area contributed by atoms with Crippen molar-refractivity contribution in [3.8, 4) is 0 Å². The fourth-order valence-corrected chi connectivity index (χ4v) is 3.24. The SMILES string of the molecule is CCCc1nccn1C1CC(C)(C)CCC1NC. The lowest BCUT2D eigenvalue weighted by atomic mass is 9.73. The standard InChI is InChI=1S/C15H27N3/c1-5-6-14-17-9-10-18(14)13-11-15(2,3)8-7-12(13)16-4/h9-10,12-13,16H,5-8,11H2,1-4H3. The fourth-order valence-electron chi connectivity index (χ4n) is 3.24. The van der Waals surface area contributed by atoms with E-state index in [2.05, 4.69) is 48.9 Å². The number of hydrogen-bond donors (Lipinski definition) is 1. The summed E-state index contributed by atoms with van der Waals surface area (Å²) in [6.07, 6.45) is 10.2. The van der Waals surface area contributed by atoms with E-state index in [0.29, 0.717) is 17.5 Å². The van der Waals surface area contributed by atoms with Gasteiger partial charge in [-0.25, -0.2) is 4.98 Å². The summed E-state index contributed by atoms with van der Waals surface area (Å²) in [4.78, 5) is 4.53. The van der Waals surface area contributed by atoms with Gasteiger partial charge < -0.3 is 9.88 Å². The third-order valence-electron chi connectivity index (χ3n) is 4.31. The maximum Gasteiger partial charge on any atom is 0.108 e.